The number of hydrogen-bond donors (Lipinski definition) is 6. The summed E-state index contributed by atoms with van der Waals surface area (Å²) in [6, 6.07) is 24.0. The van der Waals surface area contributed by atoms with Gasteiger partial charge in [-0.1, -0.05) is 114 Å². The van der Waals surface area contributed by atoms with Gasteiger partial charge in [-0.05, 0) is 86.0 Å². The molecule has 0 aliphatic rings. The average molecular weight is 907 g/mol. The van der Waals surface area contributed by atoms with E-state index in [1.54, 1.807) is 0 Å². The Morgan fingerprint density at radius 3 is 0.788 bits per heavy atom. The van der Waals surface area contributed by atoms with Crippen LogP contribution < -0.4 is 33.2 Å². The number of methoxy groups -OCH3 is 3. The first-order chi connectivity index (χ1) is 31.3. The fourth-order valence-electron chi connectivity index (χ4n) is 7.05. The quantitative estimate of drug-likeness (QED) is 0.0508. The monoisotopic (exact) mass is 906 g/mol. The number of esters is 3. The van der Waals surface area contributed by atoms with Crippen molar-refractivity contribution >= 4 is 35.6 Å². The molecule has 66 heavy (non-hydrogen) atoms. The molecule has 0 spiro atoms. The number of ether oxygens (including phenoxy) is 3. The Bertz CT molecular complexity index is 2030. The Morgan fingerprint density at radius 1 is 0.394 bits per heavy atom. The molecule has 3 amide bonds. The van der Waals surface area contributed by atoms with Crippen LogP contribution in [0.3, 0.4) is 0 Å². The molecule has 0 unspecified atom stereocenters. The van der Waals surface area contributed by atoms with E-state index >= 15 is 0 Å². The molecular formula is C51H66N6O9. The van der Waals surface area contributed by atoms with Crippen molar-refractivity contribution < 1.29 is 43.0 Å². The first-order valence-corrected chi connectivity index (χ1v) is 22.1. The molecule has 0 saturated heterocycles. The first kappa shape index (κ1) is 52.2. The van der Waals surface area contributed by atoms with Crippen LogP contribution >= 0.6 is 0 Å². The summed E-state index contributed by atoms with van der Waals surface area (Å²) in [6.07, 6.45) is 0.552. The summed E-state index contributed by atoms with van der Waals surface area (Å²) in [4.78, 5) is 76.6. The highest BCUT2D eigenvalue weighted by Crippen LogP contribution is 2.34. The van der Waals surface area contributed by atoms with E-state index in [-0.39, 0.29) is 37.0 Å². The predicted molar refractivity (Wildman–Crippen MR) is 254 cm³/mol. The number of nitrogens with two attached hydrogens (primary N) is 3. The molecule has 0 fully saturated rings. The van der Waals surface area contributed by atoms with Crippen LogP contribution in [0.1, 0.15) is 58.2 Å². The van der Waals surface area contributed by atoms with Crippen LogP contribution in [0.4, 0.5) is 0 Å². The van der Waals surface area contributed by atoms with Gasteiger partial charge in [-0.25, -0.2) is 14.4 Å². The van der Waals surface area contributed by atoms with Gasteiger partial charge in [0.05, 0.1) is 39.5 Å². The van der Waals surface area contributed by atoms with E-state index in [0.717, 1.165) is 50.1 Å². The topological polar surface area (TPSA) is 244 Å². The number of hydrogen-bond acceptors (Lipinski definition) is 12. The first-order valence-electron chi connectivity index (χ1n) is 22.1. The fourth-order valence-corrected chi connectivity index (χ4v) is 7.05. The SMILES string of the molecule is COC(=O)[C@H](Cc1ccc(-c2cc(-c3ccc(C[C@H](NC(=O)[C@H](N)C(C)C)C(=O)OC)cc3)cc(-c3ccc(C[C@H](NC(=O)[C@H](N)C(C)C)C(=O)OC)cc3)c2)cc1)NC(=O)[C@H](N)C(C)C. The zero-order chi connectivity index (χ0) is 48.8. The highest BCUT2D eigenvalue weighted by molar-refractivity contribution is 5.89. The van der Waals surface area contributed by atoms with Gasteiger partial charge < -0.3 is 47.4 Å². The van der Waals surface area contributed by atoms with E-state index < -0.39 is 71.9 Å². The molecule has 354 valence electrons. The van der Waals surface area contributed by atoms with Crippen molar-refractivity contribution in [3.8, 4) is 33.4 Å². The molecular weight excluding hydrogens is 841 g/mol. The van der Waals surface area contributed by atoms with Crippen LogP contribution in [0, 0.1) is 17.8 Å². The van der Waals surface area contributed by atoms with Crippen LogP contribution in [-0.4, -0.2) is 93.2 Å². The molecule has 0 aliphatic carbocycles. The van der Waals surface area contributed by atoms with Gasteiger partial charge in [0.1, 0.15) is 18.1 Å². The molecule has 6 atom stereocenters. The molecule has 15 nitrogen and oxygen atoms in total. The highest BCUT2D eigenvalue weighted by Gasteiger charge is 2.29. The molecule has 4 rings (SSSR count). The molecule has 0 aromatic heterocycles. The average Bonchev–Trinajstić information content (AvgIpc) is 3.31. The van der Waals surface area contributed by atoms with Crippen molar-refractivity contribution in [3.63, 3.8) is 0 Å². The number of carbonyl (C=O) groups is 6. The fraction of sp³-hybridized carbons (Fsp3) is 0.412. The van der Waals surface area contributed by atoms with Gasteiger partial charge in [-0.3, -0.25) is 14.4 Å². The Morgan fingerprint density at radius 2 is 0.606 bits per heavy atom. The second kappa shape index (κ2) is 24.2. The minimum absolute atomic E-state index is 0.126. The summed E-state index contributed by atoms with van der Waals surface area (Å²) in [7, 11) is 3.81. The van der Waals surface area contributed by atoms with Crippen molar-refractivity contribution in [3.05, 3.63) is 108 Å². The Hall–Kier alpha value is -6.42. The summed E-state index contributed by atoms with van der Waals surface area (Å²) < 4.78 is 15.0. The molecule has 0 saturated carbocycles. The minimum atomic E-state index is -0.937. The summed E-state index contributed by atoms with van der Waals surface area (Å²) >= 11 is 0. The van der Waals surface area contributed by atoms with Crippen molar-refractivity contribution in [2.75, 3.05) is 21.3 Å². The van der Waals surface area contributed by atoms with Gasteiger partial charge in [-0.15, -0.1) is 0 Å². The lowest BCUT2D eigenvalue weighted by Crippen LogP contribution is -2.51. The van der Waals surface area contributed by atoms with Crippen LogP contribution in [0.15, 0.2) is 91.0 Å². The summed E-state index contributed by atoms with van der Waals surface area (Å²) in [6.45, 7) is 11.0. The van der Waals surface area contributed by atoms with Gasteiger partial charge in [0, 0.05) is 19.3 Å². The largest absolute Gasteiger partial charge is 0.467 e. The molecule has 15 heteroatoms. The van der Waals surface area contributed by atoms with Crippen molar-refractivity contribution in [2.45, 2.75) is 97.1 Å². The maximum Gasteiger partial charge on any atom is 0.328 e. The normalized spacial score (nSPS) is 14.0. The molecule has 0 bridgehead atoms. The maximum absolute atomic E-state index is 12.8. The molecule has 4 aromatic carbocycles. The van der Waals surface area contributed by atoms with Crippen LogP contribution in [0.5, 0.6) is 0 Å². The summed E-state index contributed by atoms with van der Waals surface area (Å²) in [5.41, 5.74) is 25.8. The Balaban J connectivity index is 1.71. The van der Waals surface area contributed by atoms with Gasteiger partial charge in [0.25, 0.3) is 0 Å². The third kappa shape index (κ3) is 14.3. The standard InChI is InChI=1S/C51H66N6O9/c1-28(2)43(52)46(58)55-40(49(61)64-7)22-31-10-16-34(17-11-31)37-25-38(35-18-12-32(13-19-35)23-41(50(62)65-8)56-47(59)44(53)29(3)4)27-39(26-37)36-20-14-33(15-21-36)24-42(51(63)66-9)57-48(60)45(54)30(5)6/h10-21,25-30,40-45H,22-24,52-54H2,1-9H3,(H,55,58)(H,56,59)(H,57,60)/t40-,41-,42-,43+,44+,45+/m0/s1. The van der Waals surface area contributed by atoms with E-state index in [4.69, 9.17) is 31.4 Å². The van der Waals surface area contributed by atoms with Crippen LogP contribution in [0.2, 0.25) is 0 Å². The summed E-state index contributed by atoms with van der Waals surface area (Å²) in [5.74, 6) is -3.45. The Labute approximate surface area is 387 Å². The molecule has 0 aliphatic heterocycles. The molecule has 4 aromatic rings. The third-order valence-corrected chi connectivity index (χ3v) is 11.6. The van der Waals surface area contributed by atoms with Crippen molar-refractivity contribution in [1.82, 2.24) is 16.0 Å². The van der Waals surface area contributed by atoms with Crippen molar-refractivity contribution in [1.29, 1.82) is 0 Å². The lowest BCUT2D eigenvalue weighted by atomic mass is 9.91. The predicted octanol–water partition coefficient (Wildman–Crippen LogP) is 4.24. The molecule has 0 radical (unpaired) electrons. The minimum Gasteiger partial charge on any atom is -0.467 e. The Kier molecular flexibility index (Phi) is 19.1. The zero-order valence-corrected chi connectivity index (χ0v) is 39.4. The second-order valence-corrected chi connectivity index (χ2v) is 17.6. The molecule has 0 heterocycles. The van der Waals surface area contributed by atoms with E-state index in [9.17, 15) is 28.8 Å². The van der Waals surface area contributed by atoms with E-state index in [1.807, 2.05) is 114 Å². The van der Waals surface area contributed by atoms with E-state index in [0.29, 0.717) is 0 Å². The molecule has 9 N–H and O–H groups in total. The summed E-state index contributed by atoms with van der Waals surface area (Å²) in [5, 5.41) is 8.23. The zero-order valence-electron chi connectivity index (χ0n) is 39.4. The lowest BCUT2D eigenvalue weighted by molar-refractivity contribution is -0.145. The number of amides is 3. The van der Waals surface area contributed by atoms with Gasteiger partial charge in [0.15, 0.2) is 0 Å². The van der Waals surface area contributed by atoms with E-state index in [1.165, 1.54) is 21.3 Å². The smallest absolute Gasteiger partial charge is 0.328 e. The number of benzene rings is 4. The van der Waals surface area contributed by atoms with Gasteiger partial charge >= 0.3 is 17.9 Å². The lowest BCUT2D eigenvalue weighted by Gasteiger charge is -2.21. The highest BCUT2D eigenvalue weighted by atomic mass is 16.5. The van der Waals surface area contributed by atoms with Crippen molar-refractivity contribution in [2.24, 2.45) is 35.0 Å². The van der Waals surface area contributed by atoms with E-state index in [2.05, 4.69) is 34.1 Å². The van der Waals surface area contributed by atoms with Crippen LogP contribution in [-0.2, 0) is 62.2 Å². The van der Waals surface area contributed by atoms with Crippen LogP contribution in [0.25, 0.3) is 33.4 Å². The third-order valence-electron chi connectivity index (χ3n) is 11.6. The number of carbonyl (C=O) groups excluding carboxylic acids is 6. The number of rotatable bonds is 21. The van der Waals surface area contributed by atoms with Gasteiger partial charge in [0.2, 0.25) is 17.7 Å². The van der Waals surface area contributed by atoms with Gasteiger partial charge in [-0.2, -0.15) is 0 Å². The second-order valence-electron chi connectivity index (χ2n) is 17.6. The number of nitrogens with one attached hydrogen (secondary N) is 3. The maximum atomic E-state index is 12.8.